The molecular weight excluding hydrogens is 279 g/mol. The predicted molar refractivity (Wildman–Crippen MR) is 72.8 cm³/mol. The van der Waals surface area contributed by atoms with Gasteiger partial charge >= 0.3 is 6.18 Å². The maximum Gasteiger partial charge on any atom is 0.416 e. The van der Waals surface area contributed by atoms with Gasteiger partial charge in [-0.1, -0.05) is 6.07 Å². The summed E-state index contributed by atoms with van der Waals surface area (Å²) in [6.45, 7) is 1.45. The van der Waals surface area contributed by atoms with Crippen molar-refractivity contribution in [1.82, 2.24) is 4.57 Å². The van der Waals surface area contributed by atoms with E-state index in [9.17, 15) is 18.0 Å². The van der Waals surface area contributed by atoms with Crippen molar-refractivity contribution in [2.75, 3.05) is 0 Å². The van der Waals surface area contributed by atoms with Crippen molar-refractivity contribution in [3.8, 4) is 5.69 Å². The molecule has 0 aliphatic heterocycles. The molecule has 0 unspecified atom stereocenters. The lowest BCUT2D eigenvalue weighted by molar-refractivity contribution is -0.138. The molecule has 1 aromatic carbocycles. The molecule has 1 aliphatic carbocycles. The normalized spacial score (nSPS) is 15.1. The average Bonchev–Trinajstić information content (AvgIpc) is 2.83. The number of alkyl halides is 3. The van der Waals surface area contributed by atoms with Crippen LogP contribution in [0.15, 0.2) is 30.5 Å². The summed E-state index contributed by atoms with van der Waals surface area (Å²) >= 11 is 0. The van der Waals surface area contributed by atoms with Crippen molar-refractivity contribution in [3.63, 3.8) is 0 Å². The number of fused-ring (bicyclic) bond motifs is 1. The van der Waals surface area contributed by atoms with Crippen LogP contribution in [0.4, 0.5) is 13.2 Å². The van der Waals surface area contributed by atoms with Crippen LogP contribution in [-0.2, 0) is 12.6 Å². The summed E-state index contributed by atoms with van der Waals surface area (Å²) in [4.78, 5) is 11.8. The highest BCUT2D eigenvalue weighted by molar-refractivity contribution is 5.98. The molecule has 1 aromatic heterocycles. The number of hydrogen-bond acceptors (Lipinski definition) is 1. The Morgan fingerprint density at radius 1 is 1.14 bits per heavy atom. The van der Waals surface area contributed by atoms with Crippen LogP contribution in [0.1, 0.15) is 40.0 Å². The second-order valence-corrected chi connectivity index (χ2v) is 5.32. The van der Waals surface area contributed by atoms with Gasteiger partial charge in [0.15, 0.2) is 5.78 Å². The van der Waals surface area contributed by atoms with Gasteiger partial charge in [-0.3, -0.25) is 4.79 Å². The minimum atomic E-state index is -4.37. The quantitative estimate of drug-likeness (QED) is 0.767. The van der Waals surface area contributed by atoms with E-state index in [-0.39, 0.29) is 11.3 Å². The molecule has 21 heavy (non-hydrogen) atoms. The fourth-order valence-corrected chi connectivity index (χ4v) is 2.83. The second-order valence-electron chi connectivity index (χ2n) is 5.32. The minimum absolute atomic E-state index is 0.0677. The Kier molecular flexibility index (Phi) is 3.15. The van der Waals surface area contributed by atoms with Crippen molar-refractivity contribution in [2.24, 2.45) is 0 Å². The van der Waals surface area contributed by atoms with Gasteiger partial charge in [0.25, 0.3) is 0 Å². The zero-order valence-corrected chi connectivity index (χ0v) is 11.5. The van der Waals surface area contributed by atoms with Crippen LogP contribution < -0.4 is 0 Å². The number of rotatable bonds is 1. The molecule has 5 heteroatoms. The highest BCUT2D eigenvalue weighted by Gasteiger charge is 2.33. The summed E-state index contributed by atoms with van der Waals surface area (Å²) in [5, 5.41) is 0. The lowest BCUT2D eigenvalue weighted by atomic mass is 9.96. The van der Waals surface area contributed by atoms with Crippen molar-refractivity contribution >= 4 is 5.78 Å². The largest absolute Gasteiger partial charge is 0.416 e. The minimum Gasteiger partial charge on any atom is -0.320 e. The van der Waals surface area contributed by atoms with Gasteiger partial charge in [0.2, 0.25) is 0 Å². The van der Waals surface area contributed by atoms with E-state index in [0.29, 0.717) is 24.1 Å². The maximum absolute atomic E-state index is 13.0. The number of aryl methyl sites for hydroxylation is 1. The Morgan fingerprint density at radius 3 is 2.62 bits per heavy atom. The average molecular weight is 293 g/mol. The van der Waals surface area contributed by atoms with Crippen molar-refractivity contribution in [1.29, 1.82) is 0 Å². The zero-order chi connectivity index (χ0) is 15.2. The summed E-state index contributed by atoms with van der Waals surface area (Å²) < 4.78 is 40.7. The van der Waals surface area contributed by atoms with E-state index in [0.717, 1.165) is 18.2 Å². The lowest BCUT2D eigenvalue weighted by Gasteiger charge is -2.17. The summed E-state index contributed by atoms with van der Waals surface area (Å²) in [6.07, 6.45) is -0.725. The monoisotopic (exact) mass is 293 g/mol. The van der Waals surface area contributed by atoms with Gasteiger partial charge in [0.1, 0.15) is 0 Å². The Morgan fingerprint density at radius 2 is 1.90 bits per heavy atom. The molecule has 0 spiro atoms. The molecule has 0 amide bonds. The summed E-state index contributed by atoms with van der Waals surface area (Å²) in [5.74, 6) is 0.0677. The second kappa shape index (κ2) is 4.76. The number of nitrogens with zero attached hydrogens (tertiary/aromatic N) is 1. The molecule has 110 valence electrons. The molecule has 0 saturated carbocycles. The lowest BCUT2D eigenvalue weighted by Crippen LogP contribution is -2.13. The number of carbonyl (C=O) groups is 1. The summed E-state index contributed by atoms with van der Waals surface area (Å²) in [6, 6.07) is 5.97. The molecule has 1 aliphatic rings. The Hall–Kier alpha value is -2.04. The van der Waals surface area contributed by atoms with Crippen LogP contribution >= 0.6 is 0 Å². The molecule has 2 nitrogen and oxygen atoms in total. The number of carbonyl (C=O) groups excluding carboxylic acids is 1. The first-order chi connectivity index (χ1) is 9.88. The van der Waals surface area contributed by atoms with Crippen molar-refractivity contribution in [2.45, 2.75) is 32.4 Å². The van der Waals surface area contributed by atoms with Crippen molar-refractivity contribution < 1.29 is 18.0 Å². The van der Waals surface area contributed by atoms with E-state index in [4.69, 9.17) is 0 Å². The van der Waals surface area contributed by atoms with Crippen molar-refractivity contribution in [3.05, 3.63) is 52.8 Å². The molecule has 0 atom stereocenters. The SMILES string of the molecule is Cc1ccc(-n2ccc3c2CCCC3=O)cc1C(F)(F)F. The molecule has 2 aromatic rings. The Labute approximate surface area is 120 Å². The topological polar surface area (TPSA) is 22.0 Å². The number of halogens is 3. The van der Waals surface area contributed by atoms with Crippen LogP contribution in [0.25, 0.3) is 5.69 Å². The van der Waals surface area contributed by atoms with Gasteiger partial charge in [0, 0.05) is 29.6 Å². The van der Waals surface area contributed by atoms with Gasteiger partial charge < -0.3 is 4.57 Å². The summed E-state index contributed by atoms with van der Waals surface area (Å²) in [7, 11) is 0. The predicted octanol–water partition coefficient (Wildman–Crippen LogP) is 4.32. The van der Waals surface area contributed by atoms with E-state index in [1.54, 1.807) is 22.9 Å². The number of hydrogen-bond donors (Lipinski definition) is 0. The van der Waals surface area contributed by atoms with E-state index < -0.39 is 11.7 Å². The van der Waals surface area contributed by atoms with Gasteiger partial charge in [-0.15, -0.1) is 0 Å². The van der Waals surface area contributed by atoms with E-state index in [1.165, 1.54) is 13.0 Å². The zero-order valence-electron chi connectivity index (χ0n) is 11.5. The molecule has 0 N–H and O–H groups in total. The highest BCUT2D eigenvalue weighted by atomic mass is 19.4. The molecule has 0 bridgehead atoms. The number of Topliss-reactive ketones (excluding diaryl/α,β-unsaturated/α-hetero) is 1. The highest BCUT2D eigenvalue weighted by Crippen LogP contribution is 2.34. The maximum atomic E-state index is 13.0. The van der Waals surface area contributed by atoms with E-state index >= 15 is 0 Å². The van der Waals surface area contributed by atoms with Gasteiger partial charge in [-0.05, 0) is 43.5 Å². The fraction of sp³-hybridized carbons (Fsp3) is 0.312. The van der Waals surface area contributed by atoms with Crippen LogP contribution in [0.2, 0.25) is 0 Å². The molecule has 0 saturated heterocycles. The number of benzene rings is 1. The molecule has 3 rings (SSSR count). The third kappa shape index (κ3) is 2.37. The molecule has 0 fully saturated rings. The fourth-order valence-electron chi connectivity index (χ4n) is 2.83. The van der Waals surface area contributed by atoms with Crippen LogP contribution in [0, 0.1) is 6.92 Å². The van der Waals surface area contributed by atoms with Gasteiger partial charge in [0.05, 0.1) is 5.56 Å². The Balaban J connectivity index is 2.12. The Bertz CT molecular complexity index is 713. The van der Waals surface area contributed by atoms with Crippen LogP contribution in [0.5, 0.6) is 0 Å². The van der Waals surface area contributed by atoms with Crippen LogP contribution in [-0.4, -0.2) is 10.4 Å². The smallest absolute Gasteiger partial charge is 0.320 e. The third-order valence-electron chi connectivity index (χ3n) is 3.91. The first kappa shape index (κ1) is 13.9. The first-order valence-corrected chi connectivity index (χ1v) is 6.79. The van der Waals surface area contributed by atoms with Gasteiger partial charge in [-0.2, -0.15) is 13.2 Å². The van der Waals surface area contributed by atoms with Gasteiger partial charge in [-0.25, -0.2) is 0 Å². The molecule has 1 heterocycles. The standard InChI is InChI=1S/C16H14F3NO/c1-10-5-6-11(9-13(10)16(17,18)19)20-8-7-12-14(20)3-2-4-15(12)21/h5-9H,2-4H2,1H3. The third-order valence-corrected chi connectivity index (χ3v) is 3.91. The molecule has 0 radical (unpaired) electrons. The first-order valence-electron chi connectivity index (χ1n) is 6.79. The van der Waals surface area contributed by atoms with Crippen LogP contribution in [0.3, 0.4) is 0 Å². The van der Waals surface area contributed by atoms with E-state index in [2.05, 4.69) is 0 Å². The molecular formula is C16H14F3NO. The van der Waals surface area contributed by atoms with E-state index in [1.807, 2.05) is 0 Å². The summed E-state index contributed by atoms with van der Waals surface area (Å²) in [5.41, 5.74) is 1.45. The number of ketones is 1. The number of aromatic nitrogens is 1.